The van der Waals surface area contributed by atoms with Crippen LogP contribution in [0.4, 0.5) is 5.69 Å². The lowest BCUT2D eigenvalue weighted by Crippen LogP contribution is -2.38. The van der Waals surface area contributed by atoms with E-state index in [1.54, 1.807) is 24.1 Å². The van der Waals surface area contributed by atoms with Crippen LogP contribution < -0.4 is 20.5 Å². The van der Waals surface area contributed by atoms with Crippen molar-refractivity contribution in [3.05, 3.63) is 87.8 Å². The van der Waals surface area contributed by atoms with Crippen LogP contribution in [0.1, 0.15) is 28.5 Å². The summed E-state index contributed by atoms with van der Waals surface area (Å²) in [5.74, 6) is 0.0574. The third kappa shape index (κ3) is 4.39. The van der Waals surface area contributed by atoms with Crippen molar-refractivity contribution in [3.63, 3.8) is 0 Å². The van der Waals surface area contributed by atoms with Crippen LogP contribution in [0.15, 0.2) is 65.5 Å². The van der Waals surface area contributed by atoms with Crippen LogP contribution in [0.25, 0.3) is 0 Å². The standard InChI is InChI=1S/C24H24N4O4/c1-16-13-18-5-3-4-6-21(18)28(16)24(31)20-11-12-23(30)27(26-20)15-22(29)25-14-17-7-9-19(32-2)10-8-17/h3-12,16H,13-15H2,1-2H3,(H,25,29)/t16-/m1/s1. The van der Waals surface area contributed by atoms with Crippen molar-refractivity contribution in [2.75, 3.05) is 12.0 Å². The van der Waals surface area contributed by atoms with Gasteiger partial charge in [0, 0.05) is 24.3 Å². The molecule has 0 aliphatic carbocycles. The third-order valence-corrected chi connectivity index (χ3v) is 5.45. The van der Waals surface area contributed by atoms with Gasteiger partial charge in [-0.1, -0.05) is 30.3 Å². The summed E-state index contributed by atoms with van der Waals surface area (Å²) in [5.41, 5.74) is 2.51. The third-order valence-electron chi connectivity index (χ3n) is 5.45. The van der Waals surface area contributed by atoms with Gasteiger partial charge >= 0.3 is 0 Å². The number of carbonyl (C=O) groups is 2. The van der Waals surface area contributed by atoms with Gasteiger partial charge in [-0.15, -0.1) is 0 Å². The Morgan fingerprint density at radius 3 is 2.59 bits per heavy atom. The first kappa shape index (κ1) is 21.3. The second-order valence-electron chi connectivity index (χ2n) is 7.70. The number of carbonyl (C=O) groups excluding carboxylic acids is 2. The van der Waals surface area contributed by atoms with Crippen LogP contribution in [0.2, 0.25) is 0 Å². The molecule has 1 N–H and O–H groups in total. The number of methoxy groups -OCH3 is 1. The summed E-state index contributed by atoms with van der Waals surface area (Å²) in [4.78, 5) is 39.5. The van der Waals surface area contributed by atoms with Gasteiger partial charge in [0.1, 0.15) is 18.0 Å². The van der Waals surface area contributed by atoms with Gasteiger partial charge in [0.15, 0.2) is 0 Å². The Bertz CT molecular complexity index is 1200. The van der Waals surface area contributed by atoms with E-state index in [-0.39, 0.29) is 30.1 Å². The molecule has 2 amide bonds. The van der Waals surface area contributed by atoms with E-state index in [0.29, 0.717) is 6.54 Å². The molecule has 0 bridgehead atoms. The highest BCUT2D eigenvalue weighted by Gasteiger charge is 2.32. The molecule has 1 aliphatic heterocycles. The van der Waals surface area contributed by atoms with E-state index in [4.69, 9.17) is 4.74 Å². The van der Waals surface area contributed by atoms with Gasteiger partial charge < -0.3 is 15.0 Å². The zero-order valence-corrected chi connectivity index (χ0v) is 17.9. The maximum absolute atomic E-state index is 13.2. The number of hydrogen-bond acceptors (Lipinski definition) is 5. The quantitative estimate of drug-likeness (QED) is 0.644. The fraction of sp³-hybridized carbons (Fsp3) is 0.250. The number of ether oxygens (including phenoxy) is 1. The first-order valence-electron chi connectivity index (χ1n) is 10.4. The van der Waals surface area contributed by atoms with Gasteiger partial charge in [-0.3, -0.25) is 14.4 Å². The molecule has 0 unspecified atom stereocenters. The molecule has 1 atom stereocenters. The summed E-state index contributed by atoms with van der Waals surface area (Å²) in [7, 11) is 1.59. The van der Waals surface area contributed by atoms with E-state index in [0.717, 1.165) is 33.7 Å². The highest BCUT2D eigenvalue weighted by molar-refractivity contribution is 6.06. The average molecular weight is 432 g/mol. The van der Waals surface area contributed by atoms with E-state index >= 15 is 0 Å². The van der Waals surface area contributed by atoms with Crippen molar-refractivity contribution in [1.82, 2.24) is 15.1 Å². The molecule has 3 aromatic rings. The smallest absolute Gasteiger partial charge is 0.278 e. The molecule has 2 heterocycles. The van der Waals surface area contributed by atoms with Gasteiger partial charge in [-0.25, -0.2) is 4.68 Å². The highest BCUT2D eigenvalue weighted by atomic mass is 16.5. The number of fused-ring (bicyclic) bond motifs is 1. The first-order valence-corrected chi connectivity index (χ1v) is 10.4. The van der Waals surface area contributed by atoms with Crippen molar-refractivity contribution in [3.8, 4) is 5.75 Å². The number of benzene rings is 2. The summed E-state index contributed by atoms with van der Waals surface area (Å²) in [6.07, 6.45) is 0.759. The molecule has 8 heteroatoms. The lowest BCUT2D eigenvalue weighted by Gasteiger charge is -2.22. The summed E-state index contributed by atoms with van der Waals surface area (Å²) < 4.78 is 6.13. The topological polar surface area (TPSA) is 93.5 Å². The van der Waals surface area contributed by atoms with Crippen LogP contribution in [0, 0.1) is 0 Å². The number of amides is 2. The maximum atomic E-state index is 13.2. The molecular formula is C24H24N4O4. The lowest BCUT2D eigenvalue weighted by molar-refractivity contribution is -0.122. The van der Waals surface area contributed by atoms with Crippen LogP contribution >= 0.6 is 0 Å². The summed E-state index contributed by atoms with van der Waals surface area (Å²) in [6, 6.07) is 17.7. The molecule has 4 rings (SSSR count). The zero-order chi connectivity index (χ0) is 22.7. The second-order valence-corrected chi connectivity index (χ2v) is 7.70. The monoisotopic (exact) mass is 432 g/mol. The Morgan fingerprint density at radius 1 is 1.09 bits per heavy atom. The molecule has 0 spiro atoms. The Balaban J connectivity index is 1.46. The van der Waals surface area contributed by atoms with E-state index in [1.165, 1.54) is 12.1 Å². The largest absolute Gasteiger partial charge is 0.497 e. The van der Waals surface area contributed by atoms with Crippen molar-refractivity contribution in [1.29, 1.82) is 0 Å². The predicted molar refractivity (Wildman–Crippen MR) is 120 cm³/mol. The normalized spacial score (nSPS) is 14.7. The van der Waals surface area contributed by atoms with E-state index < -0.39 is 5.56 Å². The van der Waals surface area contributed by atoms with Crippen molar-refractivity contribution in [2.45, 2.75) is 32.5 Å². The Labute approximate surface area is 185 Å². The van der Waals surface area contributed by atoms with Crippen LogP contribution in [-0.4, -0.2) is 34.7 Å². The molecule has 164 valence electrons. The van der Waals surface area contributed by atoms with Gasteiger partial charge in [-0.05, 0) is 48.7 Å². The Kier molecular flexibility index (Phi) is 6.02. The number of aromatic nitrogens is 2. The Hall–Kier alpha value is -3.94. The van der Waals surface area contributed by atoms with Crippen LogP contribution in [-0.2, 0) is 24.3 Å². The number of nitrogens with zero attached hydrogens (tertiary/aromatic N) is 3. The molecule has 2 aromatic carbocycles. The average Bonchev–Trinajstić information content (AvgIpc) is 3.14. The molecule has 0 saturated heterocycles. The number of rotatable bonds is 6. The molecule has 8 nitrogen and oxygen atoms in total. The van der Waals surface area contributed by atoms with E-state index in [9.17, 15) is 14.4 Å². The number of anilines is 1. The second kappa shape index (κ2) is 9.05. The minimum atomic E-state index is -0.448. The molecule has 0 saturated carbocycles. The highest BCUT2D eigenvalue weighted by Crippen LogP contribution is 2.32. The molecular weight excluding hydrogens is 408 g/mol. The minimum absolute atomic E-state index is 0.0186. The number of nitrogens with one attached hydrogen (secondary N) is 1. The van der Waals surface area contributed by atoms with Crippen LogP contribution in [0.3, 0.4) is 0 Å². The molecule has 1 aliphatic rings. The van der Waals surface area contributed by atoms with Crippen molar-refractivity contribution in [2.24, 2.45) is 0 Å². The number of hydrogen-bond donors (Lipinski definition) is 1. The van der Waals surface area contributed by atoms with Crippen molar-refractivity contribution >= 4 is 17.5 Å². The van der Waals surface area contributed by atoms with E-state index in [2.05, 4.69) is 10.4 Å². The van der Waals surface area contributed by atoms with Gasteiger partial charge in [0.05, 0.1) is 7.11 Å². The van der Waals surface area contributed by atoms with Gasteiger partial charge in [0.25, 0.3) is 11.5 Å². The van der Waals surface area contributed by atoms with Crippen LogP contribution in [0.5, 0.6) is 5.75 Å². The van der Waals surface area contributed by atoms with Gasteiger partial charge in [0.2, 0.25) is 5.91 Å². The van der Waals surface area contributed by atoms with Crippen molar-refractivity contribution < 1.29 is 14.3 Å². The summed E-state index contributed by atoms with van der Waals surface area (Å²) >= 11 is 0. The fourth-order valence-electron chi connectivity index (χ4n) is 3.81. The maximum Gasteiger partial charge on any atom is 0.278 e. The fourth-order valence-corrected chi connectivity index (χ4v) is 3.81. The first-order chi connectivity index (χ1) is 15.5. The van der Waals surface area contributed by atoms with E-state index in [1.807, 2.05) is 43.3 Å². The SMILES string of the molecule is COc1ccc(CNC(=O)Cn2nc(C(=O)N3c4ccccc4C[C@H]3C)ccc2=O)cc1. The lowest BCUT2D eigenvalue weighted by atomic mass is 10.1. The Morgan fingerprint density at radius 2 is 1.84 bits per heavy atom. The summed E-state index contributed by atoms with van der Waals surface area (Å²) in [6.45, 7) is 2.00. The summed E-state index contributed by atoms with van der Waals surface area (Å²) in [5, 5.41) is 6.94. The van der Waals surface area contributed by atoms with Gasteiger partial charge in [-0.2, -0.15) is 5.10 Å². The molecule has 1 aromatic heterocycles. The molecule has 32 heavy (non-hydrogen) atoms. The molecule has 0 radical (unpaired) electrons. The molecule has 0 fully saturated rings. The number of para-hydroxylation sites is 1. The zero-order valence-electron chi connectivity index (χ0n) is 17.9. The predicted octanol–water partition coefficient (Wildman–Crippen LogP) is 2.16. The minimum Gasteiger partial charge on any atom is -0.497 e.